The molecule has 0 aromatic carbocycles. The molecule has 21 heavy (non-hydrogen) atoms. The lowest BCUT2D eigenvalue weighted by molar-refractivity contribution is -0.167. The van der Waals surface area contributed by atoms with Crippen LogP contribution in [0, 0.1) is 0 Å². The molecule has 1 heterocycles. The maximum atomic E-state index is 12.8. The van der Waals surface area contributed by atoms with E-state index in [-0.39, 0.29) is 12.6 Å². The van der Waals surface area contributed by atoms with Gasteiger partial charge in [-0.05, 0) is 37.3 Å². The van der Waals surface area contributed by atoms with E-state index in [1.807, 2.05) is 24.4 Å². The molecule has 0 spiro atoms. The molecule has 0 aliphatic heterocycles. The number of hydrogen-bond acceptors (Lipinski definition) is 3. The van der Waals surface area contributed by atoms with Gasteiger partial charge in [0.2, 0.25) is 0 Å². The minimum atomic E-state index is -4.08. The minimum absolute atomic E-state index is 0.00762. The van der Waals surface area contributed by atoms with Gasteiger partial charge in [-0.15, -0.1) is 11.3 Å². The molecule has 0 radical (unpaired) electrons. The first kappa shape index (κ1) is 18.4. The topological polar surface area (TPSA) is 21.3 Å². The van der Waals surface area contributed by atoms with Crippen LogP contribution in [0.5, 0.6) is 0 Å². The van der Waals surface area contributed by atoms with Gasteiger partial charge in [-0.1, -0.05) is 13.0 Å². The van der Waals surface area contributed by atoms with E-state index in [2.05, 4.69) is 5.32 Å². The zero-order valence-electron chi connectivity index (χ0n) is 12.0. The minimum Gasteiger partial charge on any atom is -0.373 e. The third-order valence-electron chi connectivity index (χ3n) is 2.94. The fraction of sp³-hybridized carbons (Fsp3) is 0.714. The average molecular weight is 327 g/mol. The molecule has 1 unspecified atom stereocenters. The Labute approximate surface area is 126 Å². The van der Waals surface area contributed by atoms with E-state index >= 15 is 0 Å². The smallest absolute Gasteiger partial charge is 0.330 e. The summed E-state index contributed by atoms with van der Waals surface area (Å²) in [6, 6.07) is 3.85. The Kier molecular flexibility index (Phi) is 8.21. The predicted molar refractivity (Wildman–Crippen MR) is 76.5 cm³/mol. The predicted octanol–water partition coefficient (Wildman–Crippen LogP) is 3.97. The van der Waals surface area contributed by atoms with Gasteiger partial charge >= 0.3 is 12.3 Å². The van der Waals surface area contributed by atoms with Gasteiger partial charge < -0.3 is 10.1 Å². The van der Waals surface area contributed by atoms with Crippen molar-refractivity contribution in [2.24, 2.45) is 0 Å². The van der Waals surface area contributed by atoms with Crippen LogP contribution in [0.15, 0.2) is 17.5 Å². The first-order valence-electron chi connectivity index (χ1n) is 6.95. The Bertz CT molecular complexity index is 373. The van der Waals surface area contributed by atoms with E-state index in [1.54, 1.807) is 11.3 Å². The summed E-state index contributed by atoms with van der Waals surface area (Å²) < 4.78 is 54.4. The summed E-state index contributed by atoms with van der Waals surface area (Å²) in [6.45, 7) is 1.50. The third kappa shape index (κ3) is 7.24. The van der Waals surface area contributed by atoms with Crippen LogP contribution in [-0.4, -0.2) is 38.1 Å². The number of hydrogen-bond donors (Lipinski definition) is 1. The maximum absolute atomic E-state index is 12.8. The molecule has 122 valence electrons. The molecule has 1 aromatic heterocycles. The Hall–Kier alpha value is -0.660. The molecule has 0 bridgehead atoms. The number of rotatable bonds is 11. The first-order valence-corrected chi connectivity index (χ1v) is 7.83. The van der Waals surface area contributed by atoms with Gasteiger partial charge in [0.25, 0.3) is 0 Å². The first-order chi connectivity index (χ1) is 9.95. The second kappa shape index (κ2) is 9.38. The van der Waals surface area contributed by atoms with E-state index in [0.29, 0.717) is 0 Å². The lowest BCUT2D eigenvalue weighted by atomic mass is 10.1. The molecular weight excluding hydrogens is 306 g/mol. The number of aryl methyl sites for hydroxylation is 1. The number of thiophene rings is 1. The highest BCUT2D eigenvalue weighted by Gasteiger charge is 2.41. The van der Waals surface area contributed by atoms with Crippen molar-refractivity contribution in [2.45, 2.75) is 44.6 Å². The molecule has 0 aliphatic carbocycles. The molecule has 1 rings (SSSR count). The molecule has 0 amide bonds. The summed E-state index contributed by atoms with van der Waals surface area (Å²) in [4.78, 5) is 1.20. The van der Waals surface area contributed by atoms with Crippen LogP contribution in [0.3, 0.4) is 0 Å². The fourth-order valence-electron chi connectivity index (χ4n) is 1.76. The van der Waals surface area contributed by atoms with Crippen molar-refractivity contribution in [1.82, 2.24) is 5.32 Å². The summed E-state index contributed by atoms with van der Waals surface area (Å²) in [5, 5.41) is 5.17. The quantitative estimate of drug-likeness (QED) is 0.621. The molecule has 0 saturated heterocycles. The monoisotopic (exact) mass is 327 g/mol. The van der Waals surface area contributed by atoms with Gasteiger partial charge in [-0.2, -0.15) is 8.78 Å². The van der Waals surface area contributed by atoms with Crippen LogP contribution >= 0.6 is 11.3 Å². The van der Waals surface area contributed by atoms with E-state index in [1.165, 1.54) is 4.88 Å². The lowest BCUT2D eigenvalue weighted by Crippen LogP contribution is -2.38. The summed E-state index contributed by atoms with van der Waals surface area (Å²) in [5.74, 6) is -4.08. The van der Waals surface area contributed by atoms with Crippen LogP contribution in [-0.2, 0) is 11.2 Å². The van der Waals surface area contributed by atoms with Crippen LogP contribution in [0.4, 0.5) is 17.6 Å². The highest BCUT2D eigenvalue weighted by Crippen LogP contribution is 2.23. The van der Waals surface area contributed by atoms with Crippen molar-refractivity contribution in [3.05, 3.63) is 22.4 Å². The molecule has 7 heteroatoms. The average Bonchev–Trinajstić information content (AvgIpc) is 2.94. The third-order valence-corrected chi connectivity index (χ3v) is 3.87. The Balaban J connectivity index is 2.35. The van der Waals surface area contributed by atoms with E-state index in [0.717, 1.165) is 25.8 Å². The maximum Gasteiger partial charge on any atom is 0.330 e. The van der Waals surface area contributed by atoms with Crippen molar-refractivity contribution in [1.29, 1.82) is 0 Å². The largest absolute Gasteiger partial charge is 0.373 e. The van der Waals surface area contributed by atoms with E-state index in [4.69, 9.17) is 4.74 Å². The number of alkyl halides is 4. The Morgan fingerprint density at radius 2 is 2.14 bits per heavy atom. The summed E-state index contributed by atoms with van der Waals surface area (Å²) in [6.07, 6.45) is -1.25. The van der Waals surface area contributed by atoms with Crippen molar-refractivity contribution < 1.29 is 22.3 Å². The standard InChI is InChI=1S/C14H21F4NOS/c1-2-7-19-11(5-6-12-4-3-8-21-12)9-20-10-14(17,18)13(15)16/h3-4,8,11,13,19H,2,5-7,9-10H2,1H3. The number of halogens is 4. The Morgan fingerprint density at radius 3 is 2.71 bits per heavy atom. The zero-order valence-corrected chi connectivity index (χ0v) is 12.8. The molecule has 1 N–H and O–H groups in total. The summed E-state index contributed by atoms with van der Waals surface area (Å²) in [7, 11) is 0. The van der Waals surface area contributed by atoms with Gasteiger partial charge in [0.1, 0.15) is 6.61 Å². The highest BCUT2D eigenvalue weighted by molar-refractivity contribution is 7.09. The zero-order chi connectivity index (χ0) is 15.7. The molecular formula is C14H21F4NOS. The second-order valence-corrected chi connectivity index (χ2v) is 5.88. The molecule has 1 atom stereocenters. The van der Waals surface area contributed by atoms with Gasteiger partial charge in [0.15, 0.2) is 0 Å². The molecule has 0 saturated carbocycles. The van der Waals surface area contributed by atoms with Crippen molar-refractivity contribution in [3.63, 3.8) is 0 Å². The second-order valence-electron chi connectivity index (χ2n) is 4.85. The van der Waals surface area contributed by atoms with E-state index in [9.17, 15) is 17.6 Å². The van der Waals surface area contributed by atoms with Crippen LogP contribution in [0.1, 0.15) is 24.6 Å². The van der Waals surface area contributed by atoms with Crippen LogP contribution < -0.4 is 5.32 Å². The SMILES string of the molecule is CCCNC(CCc1cccs1)COCC(F)(F)C(F)F. The number of nitrogens with one attached hydrogen (secondary N) is 1. The van der Waals surface area contributed by atoms with Gasteiger partial charge in [-0.25, -0.2) is 8.78 Å². The van der Waals surface area contributed by atoms with Crippen LogP contribution in [0.25, 0.3) is 0 Å². The van der Waals surface area contributed by atoms with Gasteiger partial charge in [-0.3, -0.25) is 0 Å². The van der Waals surface area contributed by atoms with Crippen molar-refractivity contribution in [2.75, 3.05) is 19.8 Å². The van der Waals surface area contributed by atoms with E-state index < -0.39 is 19.0 Å². The summed E-state index contributed by atoms with van der Waals surface area (Å²) in [5.41, 5.74) is 0. The highest BCUT2D eigenvalue weighted by atomic mass is 32.1. The molecule has 0 fully saturated rings. The number of ether oxygens (including phenoxy) is 1. The summed E-state index contributed by atoms with van der Waals surface area (Å²) >= 11 is 1.63. The molecule has 1 aromatic rings. The lowest BCUT2D eigenvalue weighted by Gasteiger charge is -2.21. The fourth-order valence-corrected chi connectivity index (χ4v) is 2.49. The Morgan fingerprint density at radius 1 is 1.38 bits per heavy atom. The van der Waals surface area contributed by atoms with Crippen molar-refractivity contribution in [3.8, 4) is 0 Å². The normalized spacial score (nSPS) is 13.8. The van der Waals surface area contributed by atoms with Gasteiger partial charge in [0, 0.05) is 10.9 Å². The van der Waals surface area contributed by atoms with Crippen LogP contribution in [0.2, 0.25) is 0 Å². The van der Waals surface area contributed by atoms with Crippen molar-refractivity contribution >= 4 is 11.3 Å². The molecule has 0 aliphatic rings. The molecule has 2 nitrogen and oxygen atoms in total. The van der Waals surface area contributed by atoms with Gasteiger partial charge in [0.05, 0.1) is 6.61 Å².